The minimum Gasteiger partial charge on any atom is -0.486 e. The van der Waals surface area contributed by atoms with E-state index in [9.17, 15) is 14.7 Å². The number of benzene rings is 1. The van der Waals surface area contributed by atoms with Crippen molar-refractivity contribution in [3.05, 3.63) is 23.3 Å². The Balaban J connectivity index is 1.94. The average Bonchev–Trinajstić information content (AvgIpc) is 2.73. The minimum absolute atomic E-state index is 0.0193. The molecule has 7 nitrogen and oxygen atoms in total. The van der Waals surface area contributed by atoms with Gasteiger partial charge in [0, 0.05) is 5.92 Å². The first kappa shape index (κ1) is 27.3. The molecule has 1 N–H and O–H groups in total. The second-order valence-corrected chi connectivity index (χ2v) is 12.8. The molecule has 2 aliphatic rings. The molecule has 1 heterocycles. The van der Waals surface area contributed by atoms with E-state index in [4.69, 9.17) is 18.9 Å². The van der Waals surface area contributed by atoms with E-state index in [-0.39, 0.29) is 36.7 Å². The summed E-state index contributed by atoms with van der Waals surface area (Å²) in [7, 11) is 0. The van der Waals surface area contributed by atoms with Gasteiger partial charge in [-0.05, 0) is 84.8 Å². The van der Waals surface area contributed by atoms with E-state index in [1.54, 1.807) is 41.5 Å². The lowest BCUT2D eigenvalue weighted by molar-refractivity contribution is -0.159. The molecular formula is C28H42O7. The number of rotatable bonds is 5. The van der Waals surface area contributed by atoms with E-state index >= 15 is 0 Å². The zero-order valence-electron chi connectivity index (χ0n) is 22.7. The lowest BCUT2D eigenvalue weighted by Crippen LogP contribution is -2.58. The largest absolute Gasteiger partial charge is 0.486 e. The summed E-state index contributed by atoms with van der Waals surface area (Å²) in [5.41, 5.74) is -0.476. The summed E-state index contributed by atoms with van der Waals surface area (Å²) in [6.45, 7) is 16.8. The molecule has 35 heavy (non-hydrogen) atoms. The molecular weight excluding hydrogens is 448 g/mol. The fraction of sp³-hybridized carbons (Fsp3) is 0.714. The van der Waals surface area contributed by atoms with Crippen LogP contribution in [0.1, 0.15) is 86.3 Å². The molecule has 7 heteroatoms. The standard InChI is InChI=1S/C28H42O7/c1-25(2,3)23(30)32-15-18-19(33-16-34-24(31)26(4,5)6)11-10-17-14-20-27(7,8)21(29)12-13-28(20,9)35-22(17)18/h10-11,20-21,29H,12-16H2,1-9H3/t20-,21-,28-/m1/s1. The Kier molecular flexibility index (Phi) is 7.26. The number of esters is 2. The summed E-state index contributed by atoms with van der Waals surface area (Å²) in [5, 5.41) is 10.7. The number of ether oxygens (including phenoxy) is 4. The fourth-order valence-corrected chi connectivity index (χ4v) is 4.98. The SMILES string of the molecule is CC(C)(C)C(=O)OCOc1ccc2c(c1COC(=O)C(C)(C)C)O[C@]1(C)CC[C@@H](O)C(C)(C)[C@H]1C2. The van der Waals surface area contributed by atoms with E-state index in [0.29, 0.717) is 23.5 Å². The maximum Gasteiger partial charge on any atom is 0.314 e. The van der Waals surface area contributed by atoms with Crippen molar-refractivity contribution in [1.29, 1.82) is 0 Å². The molecule has 0 spiro atoms. The highest BCUT2D eigenvalue weighted by Crippen LogP contribution is 2.54. The van der Waals surface area contributed by atoms with Crippen LogP contribution in [0.15, 0.2) is 12.1 Å². The number of fused-ring (bicyclic) bond motifs is 2. The van der Waals surface area contributed by atoms with Crippen LogP contribution in [0.5, 0.6) is 11.5 Å². The highest BCUT2D eigenvalue weighted by Gasteiger charge is 2.54. The molecule has 0 radical (unpaired) electrons. The monoisotopic (exact) mass is 490 g/mol. The van der Waals surface area contributed by atoms with Crippen molar-refractivity contribution < 1.29 is 33.6 Å². The molecule has 1 aromatic carbocycles. The van der Waals surface area contributed by atoms with Crippen LogP contribution in [0.3, 0.4) is 0 Å². The third-order valence-electron chi connectivity index (χ3n) is 7.44. The second-order valence-electron chi connectivity index (χ2n) is 12.8. The Morgan fingerprint density at radius 1 is 1.03 bits per heavy atom. The van der Waals surface area contributed by atoms with Crippen molar-refractivity contribution in [2.24, 2.45) is 22.2 Å². The van der Waals surface area contributed by atoms with E-state index in [1.807, 2.05) is 12.1 Å². The van der Waals surface area contributed by atoms with Gasteiger partial charge in [-0.25, -0.2) is 0 Å². The number of carbonyl (C=O) groups excluding carboxylic acids is 2. The first-order valence-electron chi connectivity index (χ1n) is 12.5. The molecule has 0 saturated heterocycles. The predicted octanol–water partition coefficient (Wildman–Crippen LogP) is 5.19. The Bertz CT molecular complexity index is 967. The topological polar surface area (TPSA) is 91.3 Å². The van der Waals surface area contributed by atoms with E-state index in [1.165, 1.54) is 0 Å². The van der Waals surface area contributed by atoms with Crippen molar-refractivity contribution in [1.82, 2.24) is 0 Å². The second kappa shape index (κ2) is 9.30. The van der Waals surface area contributed by atoms with Crippen molar-refractivity contribution in [2.45, 2.75) is 99.9 Å². The molecule has 196 valence electrons. The van der Waals surface area contributed by atoms with Crippen molar-refractivity contribution in [3.8, 4) is 11.5 Å². The van der Waals surface area contributed by atoms with Gasteiger partial charge in [-0.15, -0.1) is 0 Å². The van der Waals surface area contributed by atoms with E-state index in [2.05, 4.69) is 20.8 Å². The lowest BCUT2D eigenvalue weighted by atomic mass is 9.57. The number of aliphatic hydroxyl groups excluding tert-OH is 1. The molecule has 3 rings (SSSR count). The third kappa shape index (κ3) is 5.60. The van der Waals surface area contributed by atoms with Gasteiger partial charge >= 0.3 is 11.9 Å². The highest BCUT2D eigenvalue weighted by atomic mass is 16.7. The summed E-state index contributed by atoms with van der Waals surface area (Å²) in [5.74, 6) is 0.519. The Labute approximate surface area is 209 Å². The summed E-state index contributed by atoms with van der Waals surface area (Å²) in [6, 6.07) is 3.75. The zero-order chi connectivity index (χ0) is 26.4. The average molecular weight is 491 g/mol. The van der Waals surface area contributed by atoms with Crippen LogP contribution >= 0.6 is 0 Å². The molecule has 1 saturated carbocycles. The first-order chi connectivity index (χ1) is 16.0. The van der Waals surface area contributed by atoms with Gasteiger partial charge in [0.2, 0.25) is 6.79 Å². The number of hydrogen-bond acceptors (Lipinski definition) is 7. The maximum absolute atomic E-state index is 12.5. The van der Waals surface area contributed by atoms with Gasteiger partial charge in [0.15, 0.2) is 0 Å². The number of carbonyl (C=O) groups is 2. The summed E-state index contributed by atoms with van der Waals surface area (Å²) < 4.78 is 23.5. The van der Waals surface area contributed by atoms with Gasteiger partial charge in [0.05, 0.1) is 22.5 Å². The summed E-state index contributed by atoms with van der Waals surface area (Å²) >= 11 is 0. The Hall–Kier alpha value is -2.28. The van der Waals surface area contributed by atoms with Crippen molar-refractivity contribution in [3.63, 3.8) is 0 Å². The Morgan fingerprint density at radius 3 is 2.23 bits per heavy atom. The van der Waals surface area contributed by atoms with Gasteiger partial charge in [-0.1, -0.05) is 19.9 Å². The molecule has 0 aromatic heterocycles. The lowest BCUT2D eigenvalue weighted by Gasteiger charge is -2.55. The number of hydrogen-bond donors (Lipinski definition) is 1. The van der Waals surface area contributed by atoms with E-state index in [0.717, 1.165) is 18.4 Å². The maximum atomic E-state index is 12.5. The summed E-state index contributed by atoms with van der Waals surface area (Å²) in [4.78, 5) is 24.7. The quantitative estimate of drug-likeness (QED) is 0.448. The van der Waals surface area contributed by atoms with Crippen LogP contribution in [0.4, 0.5) is 0 Å². The van der Waals surface area contributed by atoms with Crippen LogP contribution in [0.2, 0.25) is 0 Å². The van der Waals surface area contributed by atoms with Gasteiger partial charge < -0.3 is 24.1 Å². The molecule has 1 aliphatic heterocycles. The van der Waals surface area contributed by atoms with Crippen LogP contribution < -0.4 is 9.47 Å². The van der Waals surface area contributed by atoms with Gasteiger partial charge in [0.1, 0.15) is 23.7 Å². The third-order valence-corrected chi connectivity index (χ3v) is 7.44. The molecule has 3 atom stereocenters. The van der Waals surface area contributed by atoms with Gasteiger partial charge in [-0.2, -0.15) is 0 Å². The normalized spacial score (nSPS) is 25.5. The molecule has 1 aromatic rings. The molecule has 0 unspecified atom stereocenters. The predicted molar refractivity (Wildman–Crippen MR) is 132 cm³/mol. The van der Waals surface area contributed by atoms with E-state index < -0.39 is 22.5 Å². The summed E-state index contributed by atoms with van der Waals surface area (Å²) in [6.07, 6.45) is 1.72. The van der Waals surface area contributed by atoms with Crippen LogP contribution in [-0.4, -0.2) is 35.5 Å². The molecule has 0 bridgehead atoms. The van der Waals surface area contributed by atoms with Gasteiger partial charge in [0.25, 0.3) is 0 Å². The Morgan fingerprint density at radius 2 is 1.63 bits per heavy atom. The molecule has 0 amide bonds. The zero-order valence-corrected chi connectivity index (χ0v) is 22.7. The fourth-order valence-electron chi connectivity index (χ4n) is 4.98. The van der Waals surface area contributed by atoms with Crippen LogP contribution in [0.25, 0.3) is 0 Å². The first-order valence-corrected chi connectivity index (χ1v) is 12.5. The van der Waals surface area contributed by atoms with Crippen molar-refractivity contribution >= 4 is 11.9 Å². The van der Waals surface area contributed by atoms with Crippen molar-refractivity contribution in [2.75, 3.05) is 6.79 Å². The number of aliphatic hydroxyl groups is 1. The molecule has 1 fully saturated rings. The van der Waals surface area contributed by atoms with Crippen LogP contribution in [0, 0.1) is 22.2 Å². The minimum atomic E-state index is -0.653. The smallest absolute Gasteiger partial charge is 0.314 e. The highest BCUT2D eigenvalue weighted by molar-refractivity contribution is 5.76. The van der Waals surface area contributed by atoms with Crippen LogP contribution in [-0.2, 0) is 32.1 Å². The molecule has 1 aliphatic carbocycles. The van der Waals surface area contributed by atoms with Gasteiger partial charge in [-0.3, -0.25) is 9.59 Å².